The highest BCUT2D eigenvalue weighted by molar-refractivity contribution is 6.27. The van der Waals surface area contributed by atoms with Crippen LogP contribution in [0.2, 0.25) is 0 Å². The third-order valence-electron chi connectivity index (χ3n) is 5.10. The number of urea groups is 1. The molecule has 0 radical (unpaired) electrons. The van der Waals surface area contributed by atoms with E-state index in [1.165, 1.54) is 19.0 Å². The SMILES string of the molecule is CN1C(=O)N(C)[C@H]2[C@@](F)(C1=O)[C@@H]1C=C[C@@]2(Cl)c2ccccc21. The predicted molar refractivity (Wildman–Crippen MR) is 79.4 cm³/mol. The van der Waals surface area contributed by atoms with Crippen LogP contribution in [0.3, 0.4) is 0 Å². The van der Waals surface area contributed by atoms with Crippen molar-refractivity contribution in [2.45, 2.75) is 22.5 Å². The van der Waals surface area contributed by atoms with Gasteiger partial charge in [-0.15, -0.1) is 11.6 Å². The number of nitrogens with zero attached hydrogens (tertiary/aromatic N) is 2. The first-order valence-electron chi connectivity index (χ1n) is 7.05. The van der Waals surface area contributed by atoms with Gasteiger partial charge in [0.1, 0.15) is 10.9 Å². The second-order valence-electron chi connectivity index (χ2n) is 6.12. The summed E-state index contributed by atoms with van der Waals surface area (Å²) in [5, 5.41) is 0. The standard InChI is InChI=1S/C16H14ClFN2O2/c1-19-12-15(17)8-7-11(9-5-3-4-6-10(9)15)16(12,18)13(21)20(2)14(19)22/h3-8,11-12H,1-2H3/t11-,12-,15-,16-/m1/s1. The summed E-state index contributed by atoms with van der Waals surface area (Å²) in [5.41, 5.74) is -0.773. The Hall–Kier alpha value is -1.88. The van der Waals surface area contributed by atoms with Gasteiger partial charge in [0, 0.05) is 20.0 Å². The smallest absolute Gasteiger partial charge is 0.318 e. The molecule has 0 spiro atoms. The fourth-order valence-electron chi connectivity index (χ4n) is 4.13. The quantitative estimate of drug-likeness (QED) is 0.544. The minimum atomic E-state index is -2.25. The monoisotopic (exact) mass is 320 g/mol. The van der Waals surface area contributed by atoms with Gasteiger partial charge in [-0.05, 0) is 11.1 Å². The summed E-state index contributed by atoms with van der Waals surface area (Å²) in [5.74, 6) is -1.56. The zero-order chi connectivity index (χ0) is 15.9. The van der Waals surface area contributed by atoms with Crippen LogP contribution in [0.1, 0.15) is 17.0 Å². The maximum absolute atomic E-state index is 16.0. The Kier molecular flexibility index (Phi) is 2.44. The zero-order valence-corrected chi connectivity index (χ0v) is 12.8. The van der Waals surface area contributed by atoms with E-state index in [2.05, 4.69) is 0 Å². The van der Waals surface area contributed by atoms with E-state index in [4.69, 9.17) is 11.6 Å². The Morgan fingerprint density at radius 1 is 1.23 bits per heavy atom. The lowest BCUT2D eigenvalue weighted by Gasteiger charge is -2.58. The number of allylic oxidation sites excluding steroid dienone is 1. The Labute approximate surface area is 132 Å². The number of benzene rings is 1. The van der Waals surface area contributed by atoms with Crippen LogP contribution >= 0.6 is 11.6 Å². The second-order valence-corrected chi connectivity index (χ2v) is 6.75. The number of amides is 3. The molecule has 1 aromatic rings. The molecule has 1 aliphatic heterocycles. The van der Waals surface area contributed by atoms with Crippen molar-refractivity contribution in [2.75, 3.05) is 14.1 Å². The van der Waals surface area contributed by atoms with Gasteiger partial charge >= 0.3 is 6.03 Å². The molecular weight excluding hydrogens is 307 g/mol. The summed E-state index contributed by atoms with van der Waals surface area (Å²) < 4.78 is 16.0. The number of rotatable bonds is 0. The molecule has 0 unspecified atom stereocenters. The molecule has 3 aliphatic carbocycles. The molecule has 2 bridgehead atoms. The number of carbonyl (C=O) groups excluding carboxylic acids is 2. The predicted octanol–water partition coefficient (Wildman–Crippen LogP) is 2.39. The lowest BCUT2D eigenvalue weighted by molar-refractivity contribution is -0.154. The minimum Gasteiger partial charge on any atom is -0.318 e. The lowest BCUT2D eigenvalue weighted by atomic mass is 9.59. The van der Waals surface area contributed by atoms with Crippen molar-refractivity contribution in [2.24, 2.45) is 0 Å². The fourth-order valence-corrected chi connectivity index (χ4v) is 4.68. The Morgan fingerprint density at radius 3 is 2.64 bits per heavy atom. The maximum atomic E-state index is 16.0. The Balaban J connectivity index is 2.05. The largest absolute Gasteiger partial charge is 0.326 e. The topological polar surface area (TPSA) is 40.6 Å². The molecule has 1 aromatic carbocycles. The molecule has 4 atom stereocenters. The van der Waals surface area contributed by atoms with Gasteiger partial charge in [0.2, 0.25) is 5.67 Å². The van der Waals surface area contributed by atoms with E-state index in [1.807, 2.05) is 12.1 Å². The summed E-state index contributed by atoms with van der Waals surface area (Å²) in [6.45, 7) is 0. The van der Waals surface area contributed by atoms with E-state index in [0.29, 0.717) is 5.56 Å². The van der Waals surface area contributed by atoms with Gasteiger partial charge in [-0.1, -0.05) is 36.4 Å². The molecule has 1 heterocycles. The van der Waals surface area contributed by atoms with Crippen LogP contribution in [0, 0.1) is 0 Å². The molecular formula is C16H14ClFN2O2. The van der Waals surface area contributed by atoms with Crippen LogP contribution in [-0.4, -0.2) is 47.5 Å². The van der Waals surface area contributed by atoms with Gasteiger partial charge in [0.15, 0.2) is 0 Å². The van der Waals surface area contributed by atoms with Crippen LogP contribution in [0.15, 0.2) is 36.4 Å². The number of imide groups is 1. The highest BCUT2D eigenvalue weighted by Crippen LogP contribution is 2.60. The molecule has 5 rings (SSSR count). The van der Waals surface area contributed by atoms with E-state index in [1.54, 1.807) is 24.3 Å². The number of hydrogen-bond donors (Lipinski definition) is 0. The van der Waals surface area contributed by atoms with Crippen LogP contribution in [-0.2, 0) is 9.67 Å². The van der Waals surface area contributed by atoms with Gasteiger partial charge < -0.3 is 4.90 Å². The van der Waals surface area contributed by atoms with Crippen LogP contribution in [0.4, 0.5) is 9.18 Å². The molecule has 6 heteroatoms. The molecule has 0 saturated carbocycles. The molecule has 114 valence electrons. The molecule has 22 heavy (non-hydrogen) atoms. The van der Waals surface area contributed by atoms with Gasteiger partial charge in [-0.3, -0.25) is 9.69 Å². The van der Waals surface area contributed by atoms with Gasteiger partial charge in [0.25, 0.3) is 5.91 Å². The minimum absolute atomic E-state index is 0.540. The first-order valence-corrected chi connectivity index (χ1v) is 7.43. The van der Waals surface area contributed by atoms with Crippen molar-refractivity contribution < 1.29 is 14.0 Å². The van der Waals surface area contributed by atoms with Crippen molar-refractivity contribution in [1.82, 2.24) is 9.80 Å². The van der Waals surface area contributed by atoms with Crippen LogP contribution in [0.25, 0.3) is 0 Å². The lowest BCUT2D eigenvalue weighted by Crippen LogP contribution is -2.75. The van der Waals surface area contributed by atoms with E-state index in [-0.39, 0.29) is 0 Å². The van der Waals surface area contributed by atoms with E-state index < -0.39 is 34.4 Å². The van der Waals surface area contributed by atoms with Crippen molar-refractivity contribution in [3.8, 4) is 0 Å². The van der Waals surface area contributed by atoms with Crippen molar-refractivity contribution in [3.63, 3.8) is 0 Å². The average molecular weight is 321 g/mol. The van der Waals surface area contributed by atoms with Crippen molar-refractivity contribution in [1.29, 1.82) is 0 Å². The van der Waals surface area contributed by atoms with Gasteiger partial charge in [-0.2, -0.15) is 0 Å². The molecule has 0 N–H and O–H groups in total. The number of halogens is 2. The highest BCUT2D eigenvalue weighted by Gasteiger charge is 2.71. The van der Waals surface area contributed by atoms with Gasteiger partial charge in [-0.25, -0.2) is 9.18 Å². The number of alkyl halides is 2. The number of carbonyl (C=O) groups is 2. The summed E-state index contributed by atoms with van der Waals surface area (Å²) in [4.78, 5) is 25.7. The molecule has 0 aromatic heterocycles. The number of likely N-dealkylation sites (N-methyl/N-ethyl adjacent to an activating group) is 1. The van der Waals surface area contributed by atoms with Crippen LogP contribution in [0.5, 0.6) is 0 Å². The fraction of sp³-hybridized carbons (Fsp3) is 0.375. The summed E-state index contributed by atoms with van der Waals surface area (Å²) in [6, 6.07) is 5.67. The third kappa shape index (κ3) is 1.25. The highest BCUT2D eigenvalue weighted by atomic mass is 35.5. The molecule has 1 fully saturated rings. The first kappa shape index (κ1) is 13.8. The average Bonchev–Trinajstić information content (AvgIpc) is 2.51. The summed E-state index contributed by atoms with van der Waals surface area (Å²) >= 11 is 6.77. The van der Waals surface area contributed by atoms with E-state index >= 15 is 4.39 Å². The molecule has 4 aliphatic rings. The molecule has 4 nitrogen and oxygen atoms in total. The van der Waals surface area contributed by atoms with Crippen molar-refractivity contribution >= 4 is 23.5 Å². The van der Waals surface area contributed by atoms with E-state index in [0.717, 1.165) is 10.5 Å². The molecule has 3 amide bonds. The second kappa shape index (κ2) is 3.90. The number of hydrogen-bond acceptors (Lipinski definition) is 2. The van der Waals surface area contributed by atoms with Crippen LogP contribution < -0.4 is 0 Å². The molecule has 1 saturated heterocycles. The third-order valence-corrected chi connectivity index (χ3v) is 5.63. The summed E-state index contributed by atoms with van der Waals surface area (Å²) in [6.07, 6.45) is 3.37. The normalized spacial score (nSPS) is 39.1. The van der Waals surface area contributed by atoms with E-state index in [9.17, 15) is 9.59 Å². The Morgan fingerprint density at radius 2 is 1.91 bits per heavy atom. The Bertz CT molecular complexity index is 751. The maximum Gasteiger partial charge on any atom is 0.326 e. The van der Waals surface area contributed by atoms with Gasteiger partial charge in [0.05, 0.1) is 0 Å². The first-order chi connectivity index (χ1) is 10.3. The van der Waals surface area contributed by atoms with Crippen molar-refractivity contribution in [3.05, 3.63) is 47.5 Å². The zero-order valence-electron chi connectivity index (χ0n) is 12.1. The summed E-state index contributed by atoms with van der Waals surface area (Å²) in [7, 11) is 2.79.